The summed E-state index contributed by atoms with van der Waals surface area (Å²) in [6, 6.07) is 0.202. The number of aromatic nitrogens is 3. The van der Waals surface area contributed by atoms with E-state index in [0.717, 1.165) is 23.8 Å². The lowest BCUT2D eigenvalue weighted by molar-refractivity contribution is -0.130. The lowest BCUT2D eigenvalue weighted by Gasteiger charge is -2.28. The Hall–Kier alpha value is -1.13. The van der Waals surface area contributed by atoms with Crippen LogP contribution >= 0.6 is 11.8 Å². The largest absolute Gasteiger partial charge is 0.383 e. The summed E-state index contributed by atoms with van der Waals surface area (Å²) < 4.78 is 30.7. The van der Waals surface area contributed by atoms with Crippen molar-refractivity contribution in [3.8, 4) is 0 Å². The molecule has 1 aromatic rings. The lowest BCUT2D eigenvalue weighted by atomic mass is 10.2. The van der Waals surface area contributed by atoms with Crippen LogP contribution in [0.3, 0.4) is 0 Å². The Balaban J connectivity index is 1.64. The van der Waals surface area contributed by atoms with E-state index >= 15 is 0 Å². The molecule has 1 aliphatic carbocycles. The average Bonchev–Trinajstić information content (AvgIpc) is 3.24. The monoisotopic (exact) mass is 388 g/mol. The minimum Gasteiger partial charge on any atom is -0.383 e. The Morgan fingerprint density at radius 1 is 1.36 bits per heavy atom. The molecule has 1 aromatic heterocycles. The van der Waals surface area contributed by atoms with Crippen LogP contribution in [0, 0.1) is 6.92 Å². The predicted octanol–water partition coefficient (Wildman–Crippen LogP) is 0.676. The molecule has 1 atom stereocenters. The van der Waals surface area contributed by atoms with Gasteiger partial charge in [-0.1, -0.05) is 11.8 Å². The standard InChI is InChI=1S/C15H24N4O4S2/c1-11-16-17-15(19(11)12-3-4-12)24-9-14(20)18(6-7-23-2)13-5-8-25(21,22)10-13/h12-13H,3-10H2,1-2H3. The van der Waals surface area contributed by atoms with Crippen LogP contribution in [0.2, 0.25) is 0 Å². The summed E-state index contributed by atoms with van der Waals surface area (Å²) in [4.78, 5) is 14.4. The first-order chi connectivity index (χ1) is 11.9. The highest BCUT2D eigenvalue weighted by Gasteiger charge is 2.35. The highest BCUT2D eigenvalue weighted by Crippen LogP contribution is 2.38. The fourth-order valence-electron chi connectivity index (χ4n) is 3.13. The van der Waals surface area contributed by atoms with E-state index in [1.807, 2.05) is 6.92 Å². The number of hydrogen-bond acceptors (Lipinski definition) is 7. The summed E-state index contributed by atoms with van der Waals surface area (Å²) in [5, 5.41) is 9.05. The number of ether oxygens (including phenoxy) is 1. The molecule has 0 aromatic carbocycles. The van der Waals surface area contributed by atoms with Crippen molar-refractivity contribution in [3.63, 3.8) is 0 Å². The Kier molecular flexibility index (Phi) is 5.69. The molecular formula is C15H24N4O4S2. The van der Waals surface area contributed by atoms with Gasteiger partial charge < -0.3 is 14.2 Å². The zero-order chi connectivity index (χ0) is 18.0. The fraction of sp³-hybridized carbons (Fsp3) is 0.800. The van der Waals surface area contributed by atoms with E-state index in [2.05, 4.69) is 14.8 Å². The van der Waals surface area contributed by atoms with Crippen molar-refractivity contribution in [1.29, 1.82) is 0 Å². The van der Waals surface area contributed by atoms with Gasteiger partial charge in [-0.05, 0) is 26.2 Å². The number of methoxy groups -OCH3 is 1. The van der Waals surface area contributed by atoms with Crippen molar-refractivity contribution in [1.82, 2.24) is 19.7 Å². The molecule has 1 aliphatic heterocycles. The third kappa shape index (κ3) is 4.53. The number of amides is 1. The molecule has 25 heavy (non-hydrogen) atoms. The maximum absolute atomic E-state index is 12.7. The molecule has 1 saturated carbocycles. The van der Waals surface area contributed by atoms with Crippen molar-refractivity contribution in [2.75, 3.05) is 37.5 Å². The third-order valence-electron chi connectivity index (χ3n) is 4.58. The molecule has 2 heterocycles. The van der Waals surface area contributed by atoms with Gasteiger partial charge in [0.1, 0.15) is 5.82 Å². The first kappa shape index (κ1) is 18.7. The number of carbonyl (C=O) groups excluding carboxylic acids is 1. The van der Waals surface area contributed by atoms with E-state index < -0.39 is 9.84 Å². The number of nitrogens with zero attached hydrogens (tertiary/aromatic N) is 4. The molecule has 1 saturated heterocycles. The lowest BCUT2D eigenvalue weighted by Crippen LogP contribution is -2.44. The average molecular weight is 389 g/mol. The quantitative estimate of drug-likeness (QED) is 0.604. The SMILES string of the molecule is COCCN(C(=O)CSc1nnc(C)n1C1CC1)C1CCS(=O)(=O)C1. The van der Waals surface area contributed by atoms with Gasteiger partial charge >= 0.3 is 0 Å². The van der Waals surface area contributed by atoms with E-state index in [9.17, 15) is 13.2 Å². The molecule has 10 heteroatoms. The van der Waals surface area contributed by atoms with E-state index in [0.29, 0.717) is 25.6 Å². The van der Waals surface area contributed by atoms with Crippen LogP contribution in [-0.4, -0.2) is 77.6 Å². The normalized spacial score (nSPS) is 22.2. The van der Waals surface area contributed by atoms with Crippen LogP contribution in [0.4, 0.5) is 0 Å². The van der Waals surface area contributed by atoms with Crippen molar-refractivity contribution >= 4 is 27.5 Å². The third-order valence-corrected chi connectivity index (χ3v) is 7.26. The van der Waals surface area contributed by atoms with Gasteiger partial charge in [-0.25, -0.2) is 8.42 Å². The summed E-state index contributed by atoms with van der Waals surface area (Å²) in [6.07, 6.45) is 2.75. The molecule has 2 aliphatic rings. The first-order valence-corrected chi connectivity index (χ1v) is 11.2. The Bertz CT molecular complexity index is 730. The van der Waals surface area contributed by atoms with Crippen LogP contribution in [0.25, 0.3) is 0 Å². The highest BCUT2D eigenvalue weighted by molar-refractivity contribution is 7.99. The fourth-order valence-corrected chi connectivity index (χ4v) is 5.80. The van der Waals surface area contributed by atoms with E-state index in [1.54, 1.807) is 12.0 Å². The summed E-state index contributed by atoms with van der Waals surface area (Å²) >= 11 is 1.37. The number of aryl methyl sites for hydroxylation is 1. The van der Waals surface area contributed by atoms with E-state index in [1.165, 1.54) is 11.8 Å². The van der Waals surface area contributed by atoms with Gasteiger partial charge in [0.25, 0.3) is 0 Å². The maximum atomic E-state index is 12.7. The molecular weight excluding hydrogens is 364 g/mol. The molecule has 140 valence electrons. The second-order valence-electron chi connectivity index (χ2n) is 6.56. The van der Waals surface area contributed by atoms with Crippen LogP contribution in [0.15, 0.2) is 5.16 Å². The van der Waals surface area contributed by atoms with E-state index in [-0.39, 0.29) is 29.2 Å². The van der Waals surface area contributed by atoms with Crippen molar-refractivity contribution in [2.24, 2.45) is 0 Å². The van der Waals surface area contributed by atoms with Gasteiger partial charge in [-0.3, -0.25) is 4.79 Å². The minimum absolute atomic E-state index is 0.0461. The molecule has 0 radical (unpaired) electrons. The topological polar surface area (TPSA) is 94.4 Å². The number of sulfone groups is 1. The zero-order valence-electron chi connectivity index (χ0n) is 14.5. The summed E-state index contributed by atoms with van der Waals surface area (Å²) in [5.74, 6) is 1.22. The Morgan fingerprint density at radius 3 is 2.72 bits per heavy atom. The van der Waals surface area contributed by atoms with Crippen molar-refractivity contribution in [2.45, 2.75) is 43.4 Å². The summed E-state index contributed by atoms with van der Waals surface area (Å²) in [5.41, 5.74) is 0. The Morgan fingerprint density at radius 2 is 2.12 bits per heavy atom. The molecule has 0 spiro atoms. The molecule has 8 nitrogen and oxygen atoms in total. The zero-order valence-corrected chi connectivity index (χ0v) is 16.2. The van der Waals surface area contributed by atoms with Gasteiger partial charge in [-0.2, -0.15) is 0 Å². The molecule has 0 bridgehead atoms. The van der Waals surface area contributed by atoms with Crippen molar-refractivity contribution < 1.29 is 17.9 Å². The van der Waals surface area contributed by atoms with Crippen molar-refractivity contribution in [3.05, 3.63) is 5.82 Å². The van der Waals surface area contributed by atoms with Gasteiger partial charge in [-0.15, -0.1) is 10.2 Å². The molecule has 1 unspecified atom stereocenters. The van der Waals surface area contributed by atoms with E-state index in [4.69, 9.17) is 4.74 Å². The second kappa shape index (κ2) is 7.63. The van der Waals surface area contributed by atoms with Gasteiger partial charge in [0, 0.05) is 25.7 Å². The minimum atomic E-state index is -3.04. The number of thioether (sulfide) groups is 1. The number of hydrogen-bond donors (Lipinski definition) is 0. The molecule has 0 N–H and O–H groups in total. The van der Waals surface area contributed by atoms with Gasteiger partial charge in [0.05, 0.1) is 23.9 Å². The number of carbonyl (C=O) groups is 1. The second-order valence-corrected chi connectivity index (χ2v) is 9.73. The smallest absolute Gasteiger partial charge is 0.233 e. The Labute approximate surface area is 152 Å². The summed E-state index contributed by atoms with van der Waals surface area (Å²) in [6.45, 7) is 2.72. The van der Waals surface area contributed by atoms with Crippen LogP contribution in [0.5, 0.6) is 0 Å². The molecule has 2 fully saturated rings. The first-order valence-electron chi connectivity index (χ1n) is 8.44. The van der Waals surface area contributed by atoms with Crippen LogP contribution in [-0.2, 0) is 19.4 Å². The molecule has 1 amide bonds. The van der Waals surface area contributed by atoms with Gasteiger partial charge in [0.15, 0.2) is 15.0 Å². The maximum Gasteiger partial charge on any atom is 0.233 e. The van der Waals surface area contributed by atoms with Crippen LogP contribution < -0.4 is 0 Å². The predicted molar refractivity (Wildman–Crippen MR) is 94.4 cm³/mol. The van der Waals surface area contributed by atoms with Crippen LogP contribution in [0.1, 0.15) is 31.1 Å². The van der Waals surface area contributed by atoms with Gasteiger partial charge in [0.2, 0.25) is 5.91 Å². The summed E-state index contributed by atoms with van der Waals surface area (Å²) in [7, 11) is -1.47. The number of rotatable bonds is 8. The highest BCUT2D eigenvalue weighted by atomic mass is 32.2. The molecule has 3 rings (SSSR count).